The minimum absolute atomic E-state index is 0.0368. The Balaban J connectivity index is 1.42. The topological polar surface area (TPSA) is 72.1 Å². The van der Waals surface area contributed by atoms with E-state index in [4.69, 9.17) is 16.0 Å². The van der Waals surface area contributed by atoms with E-state index in [9.17, 15) is 4.79 Å². The molecule has 3 heterocycles. The number of carbonyl (C=O) groups is 1. The molecule has 1 saturated heterocycles. The van der Waals surface area contributed by atoms with Gasteiger partial charge in [-0.05, 0) is 69.4 Å². The third kappa shape index (κ3) is 4.94. The van der Waals surface area contributed by atoms with E-state index in [1.165, 1.54) is 0 Å². The van der Waals surface area contributed by atoms with Crippen molar-refractivity contribution in [2.75, 3.05) is 6.54 Å². The summed E-state index contributed by atoms with van der Waals surface area (Å²) in [5.41, 5.74) is 4.84. The summed E-state index contributed by atoms with van der Waals surface area (Å²) in [7, 11) is 0. The number of aromatic nitrogens is 3. The smallest absolute Gasteiger partial charge is 0.254 e. The highest BCUT2D eigenvalue weighted by Gasteiger charge is 2.33. The van der Waals surface area contributed by atoms with E-state index in [2.05, 4.69) is 21.9 Å². The zero-order chi connectivity index (χ0) is 24.5. The molecule has 0 radical (unpaired) electrons. The molecule has 0 spiro atoms. The van der Waals surface area contributed by atoms with Crippen molar-refractivity contribution < 1.29 is 9.21 Å². The summed E-state index contributed by atoms with van der Waals surface area (Å²) < 4.78 is 5.94. The predicted octanol–water partition coefficient (Wildman–Crippen LogP) is 6.43. The van der Waals surface area contributed by atoms with Crippen LogP contribution in [-0.4, -0.2) is 38.3 Å². The van der Waals surface area contributed by atoms with Crippen molar-refractivity contribution in [2.24, 2.45) is 5.92 Å². The first-order valence-electron chi connectivity index (χ1n) is 12.2. The Morgan fingerprint density at radius 1 is 1.14 bits per heavy atom. The van der Waals surface area contributed by atoms with Gasteiger partial charge in [0.1, 0.15) is 5.52 Å². The molecule has 1 amide bonds. The largest absolute Gasteiger partial charge is 0.441 e. The molecule has 1 fully saturated rings. The van der Waals surface area contributed by atoms with Crippen LogP contribution in [0.3, 0.4) is 0 Å². The van der Waals surface area contributed by atoms with E-state index in [1.54, 1.807) is 12.3 Å². The zero-order valence-corrected chi connectivity index (χ0v) is 21.0. The number of fused-ring (bicyclic) bond motifs is 1. The van der Waals surface area contributed by atoms with Crippen LogP contribution in [0.15, 0.2) is 53.1 Å². The summed E-state index contributed by atoms with van der Waals surface area (Å²) in [5.74, 6) is 1.68. The summed E-state index contributed by atoms with van der Waals surface area (Å²) in [6.07, 6.45) is 5.28. The van der Waals surface area contributed by atoms with Crippen molar-refractivity contribution in [1.29, 1.82) is 0 Å². The Bertz CT molecular complexity index is 1380. The van der Waals surface area contributed by atoms with Gasteiger partial charge in [-0.25, -0.2) is 15.0 Å². The van der Waals surface area contributed by atoms with Crippen LogP contribution in [0.5, 0.6) is 0 Å². The van der Waals surface area contributed by atoms with Crippen LogP contribution < -0.4 is 0 Å². The normalized spacial score (nSPS) is 18.2. The molecule has 4 aromatic rings. The number of rotatable bonds is 5. The number of aryl methyl sites for hydroxylation is 3. The van der Waals surface area contributed by atoms with E-state index < -0.39 is 0 Å². The van der Waals surface area contributed by atoms with Crippen molar-refractivity contribution in [1.82, 2.24) is 19.9 Å². The first-order chi connectivity index (χ1) is 16.9. The van der Waals surface area contributed by atoms with Crippen LogP contribution in [0.4, 0.5) is 0 Å². The lowest BCUT2D eigenvalue weighted by molar-refractivity contribution is 0.0496. The van der Waals surface area contributed by atoms with Crippen molar-refractivity contribution in [3.8, 4) is 11.4 Å². The van der Waals surface area contributed by atoms with Crippen LogP contribution in [0.2, 0.25) is 5.02 Å². The number of amides is 1. The maximum Gasteiger partial charge on any atom is 0.254 e. The number of carbonyl (C=O) groups excluding carboxylic acids is 1. The van der Waals surface area contributed by atoms with E-state index >= 15 is 0 Å². The van der Waals surface area contributed by atoms with Gasteiger partial charge in [-0.2, -0.15) is 0 Å². The summed E-state index contributed by atoms with van der Waals surface area (Å²) in [6.45, 7) is 6.91. The number of halogens is 1. The first-order valence-corrected chi connectivity index (χ1v) is 12.5. The highest BCUT2D eigenvalue weighted by atomic mass is 35.5. The van der Waals surface area contributed by atoms with Gasteiger partial charge in [0.25, 0.3) is 5.91 Å². The molecule has 2 aromatic heterocycles. The molecule has 0 unspecified atom stereocenters. The fraction of sp³-hybridized carbons (Fsp3) is 0.357. The summed E-state index contributed by atoms with van der Waals surface area (Å²) >= 11 is 6.10. The molecular formula is C28H29ClN4O2. The molecule has 0 saturated carbocycles. The van der Waals surface area contributed by atoms with E-state index in [0.29, 0.717) is 34.6 Å². The second-order valence-corrected chi connectivity index (χ2v) is 9.95. The van der Waals surface area contributed by atoms with Gasteiger partial charge in [-0.1, -0.05) is 36.2 Å². The maximum atomic E-state index is 14.0. The Kier molecular flexibility index (Phi) is 6.56. The quantitative estimate of drug-likeness (QED) is 0.323. The van der Waals surface area contributed by atoms with E-state index in [1.807, 2.05) is 55.1 Å². The fourth-order valence-corrected chi connectivity index (χ4v) is 5.20. The minimum atomic E-state index is 0.0368. The van der Waals surface area contributed by atoms with Crippen molar-refractivity contribution in [2.45, 2.75) is 52.5 Å². The molecule has 6 nitrogen and oxygen atoms in total. The fourth-order valence-electron chi connectivity index (χ4n) is 5.03. The lowest BCUT2D eigenvalue weighted by atomic mass is 9.87. The standard InChI is InChI=1S/C28H29ClN4O2/c1-17-6-8-21(27-30-13-12-19(3)31-27)22(15-17)28(34)33-14-4-5-18(2)24(33)9-11-26-32-23-16-20(29)7-10-25(23)35-26/h6-8,10,12-13,15-16,18,24H,4-5,9,11,14H2,1-3H3/t18-,24-/m1/s1. The summed E-state index contributed by atoms with van der Waals surface area (Å²) in [4.78, 5) is 29.7. The molecule has 35 heavy (non-hydrogen) atoms. The Hall–Kier alpha value is -3.25. The van der Waals surface area contributed by atoms with Gasteiger partial charge in [0, 0.05) is 41.5 Å². The van der Waals surface area contributed by atoms with Crippen molar-refractivity contribution in [3.63, 3.8) is 0 Å². The third-order valence-electron chi connectivity index (χ3n) is 6.87. The third-order valence-corrected chi connectivity index (χ3v) is 7.10. The second kappa shape index (κ2) is 9.78. The Morgan fingerprint density at radius 2 is 2.00 bits per heavy atom. The molecular weight excluding hydrogens is 460 g/mol. The molecule has 5 rings (SSSR count). The number of nitrogens with zero attached hydrogens (tertiary/aromatic N) is 4. The molecule has 1 aliphatic rings. The van der Waals surface area contributed by atoms with Crippen molar-refractivity contribution in [3.05, 3.63) is 76.4 Å². The molecule has 1 aliphatic heterocycles. The average Bonchev–Trinajstić information content (AvgIpc) is 3.24. The number of likely N-dealkylation sites (tertiary alicyclic amines) is 1. The highest BCUT2D eigenvalue weighted by molar-refractivity contribution is 6.31. The van der Waals surface area contributed by atoms with Crippen molar-refractivity contribution >= 4 is 28.6 Å². The second-order valence-electron chi connectivity index (χ2n) is 9.51. The van der Waals surface area contributed by atoms with Crippen LogP contribution in [0, 0.1) is 19.8 Å². The Labute approximate surface area is 210 Å². The molecule has 2 atom stereocenters. The van der Waals surface area contributed by atoms with Gasteiger partial charge in [-0.15, -0.1) is 0 Å². The zero-order valence-electron chi connectivity index (χ0n) is 20.3. The highest BCUT2D eigenvalue weighted by Crippen LogP contribution is 2.31. The average molecular weight is 489 g/mol. The number of benzene rings is 2. The summed E-state index contributed by atoms with van der Waals surface area (Å²) in [6, 6.07) is 13.4. The number of oxazole rings is 1. The molecule has 2 aromatic carbocycles. The first kappa shape index (κ1) is 23.5. The van der Waals surface area contributed by atoms with Gasteiger partial charge in [-0.3, -0.25) is 4.79 Å². The number of hydrogen-bond acceptors (Lipinski definition) is 5. The Morgan fingerprint density at radius 3 is 2.83 bits per heavy atom. The number of piperidine rings is 1. The van der Waals surface area contributed by atoms with E-state index in [0.717, 1.165) is 53.7 Å². The lowest BCUT2D eigenvalue weighted by Gasteiger charge is -2.40. The lowest BCUT2D eigenvalue weighted by Crippen LogP contribution is -2.48. The van der Waals surface area contributed by atoms with Crippen LogP contribution in [0.1, 0.15) is 53.7 Å². The molecule has 0 N–H and O–H groups in total. The molecule has 0 bridgehead atoms. The van der Waals surface area contributed by atoms with Crippen LogP contribution >= 0.6 is 11.6 Å². The minimum Gasteiger partial charge on any atom is -0.441 e. The molecule has 0 aliphatic carbocycles. The van der Waals surface area contributed by atoms with Crippen LogP contribution in [-0.2, 0) is 6.42 Å². The molecule has 7 heteroatoms. The van der Waals surface area contributed by atoms with Gasteiger partial charge < -0.3 is 9.32 Å². The maximum absolute atomic E-state index is 14.0. The predicted molar refractivity (Wildman–Crippen MR) is 138 cm³/mol. The summed E-state index contributed by atoms with van der Waals surface area (Å²) in [5, 5.41) is 0.640. The monoisotopic (exact) mass is 488 g/mol. The molecule has 180 valence electrons. The van der Waals surface area contributed by atoms with Crippen LogP contribution in [0.25, 0.3) is 22.5 Å². The van der Waals surface area contributed by atoms with E-state index in [-0.39, 0.29) is 11.9 Å². The number of hydrogen-bond donors (Lipinski definition) is 0. The van der Waals surface area contributed by atoms with Gasteiger partial charge in [0.05, 0.1) is 5.56 Å². The van der Waals surface area contributed by atoms with Gasteiger partial charge in [0.15, 0.2) is 17.3 Å². The van der Waals surface area contributed by atoms with Gasteiger partial charge >= 0.3 is 0 Å². The van der Waals surface area contributed by atoms with Gasteiger partial charge in [0.2, 0.25) is 0 Å². The SMILES string of the molecule is Cc1ccc(-c2nccc(C)n2)c(C(=O)N2CCC[C@@H](C)[C@H]2CCc2nc3cc(Cl)ccc3o2)c1.